The van der Waals surface area contributed by atoms with Crippen LogP contribution in [0.3, 0.4) is 0 Å². The predicted molar refractivity (Wildman–Crippen MR) is 90.8 cm³/mol. The minimum absolute atomic E-state index is 0.0563. The number of hydrogen-bond donors (Lipinski definition) is 2. The summed E-state index contributed by atoms with van der Waals surface area (Å²) in [5, 5.41) is 21.3. The summed E-state index contributed by atoms with van der Waals surface area (Å²) >= 11 is 0. The van der Waals surface area contributed by atoms with Gasteiger partial charge in [0.15, 0.2) is 5.78 Å². The Morgan fingerprint density at radius 3 is 2.43 bits per heavy atom. The number of Topliss-reactive ketones (excluding diaryl/α,β-unsaturated/α-hetero) is 1. The topological polar surface area (TPSA) is 57.5 Å². The Hall–Kier alpha value is -0.670. The molecule has 0 aliphatic heterocycles. The van der Waals surface area contributed by atoms with Crippen molar-refractivity contribution in [2.24, 2.45) is 28.6 Å². The highest BCUT2D eigenvalue weighted by Crippen LogP contribution is 2.62. The van der Waals surface area contributed by atoms with Crippen LogP contribution in [-0.2, 0) is 4.79 Å². The molecule has 0 amide bonds. The highest BCUT2D eigenvalue weighted by Gasteiger charge is 2.59. The van der Waals surface area contributed by atoms with Crippen molar-refractivity contribution in [2.75, 3.05) is 0 Å². The lowest BCUT2D eigenvalue weighted by molar-refractivity contribution is -0.149. The van der Waals surface area contributed by atoms with Gasteiger partial charge in [0.2, 0.25) is 0 Å². The number of hydrogen-bond acceptors (Lipinski definition) is 3. The number of carbonyl (C=O) groups excluding carboxylic acids is 1. The van der Waals surface area contributed by atoms with Crippen molar-refractivity contribution < 1.29 is 15.0 Å². The molecule has 3 heteroatoms. The molecule has 0 aromatic heterocycles. The van der Waals surface area contributed by atoms with Crippen LogP contribution in [0.2, 0.25) is 0 Å². The van der Waals surface area contributed by atoms with Gasteiger partial charge in [0.05, 0.1) is 11.7 Å². The molecule has 0 spiro atoms. The van der Waals surface area contributed by atoms with Gasteiger partial charge in [-0.05, 0) is 65.9 Å². The highest BCUT2D eigenvalue weighted by atomic mass is 16.3. The second-order valence-corrected chi connectivity index (χ2v) is 9.40. The van der Waals surface area contributed by atoms with Gasteiger partial charge in [0, 0.05) is 6.42 Å². The lowest BCUT2D eigenvalue weighted by Gasteiger charge is -2.60. The van der Waals surface area contributed by atoms with Crippen LogP contribution in [0.15, 0.2) is 11.6 Å². The molecule has 2 saturated carbocycles. The van der Waals surface area contributed by atoms with E-state index in [0.29, 0.717) is 6.42 Å². The largest absolute Gasteiger partial charge is 0.393 e. The highest BCUT2D eigenvalue weighted by molar-refractivity contribution is 5.97. The van der Waals surface area contributed by atoms with E-state index >= 15 is 0 Å². The molecular formula is C20H32O3. The summed E-state index contributed by atoms with van der Waals surface area (Å²) in [4.78, 5) is 12.9. The maximum atomic E-state index is 12.9. The fraction of sp³-hybridized carbons (Fsp3) is 0.850. The third kappa shape index (κ3) is 2.34. The van der Waals surface area contributed by atoms with E-state index in [0.717, 1.165) is 31.3 Å². The number of rotatable bonds is 1. The van der Waals surface area contributed by atoms with E-state index in [1.165, 1.54) is 0 Å². The molecule has 0 bridgehead atoms. The van der Waals surface area contributed by atoms with Gasteiger partial charge in [-0.1, -0.05) is 34.6 Å². The molecule has 0 heterocycles. The quantitative estimate of drug-likeness (QED) is 0.777. The smallest absolute Gasteiger partial charge is 0.159 e. The van der Waals surface area contributed by atoms with Gasteiger partial charge in [0.25, 0.3) is 0 Å². The van der Waals surface area contributed by atoms with Crippen molar-refractivity contribution in [3.05, 3.63) is 11.6 Å². The van der Waals surface area contributed by atoms with Crippen molar-refractivity contribution in [2.45, 2.75) is 78.4 Å². The van der Waals surface area contributed by atoms with Crippen molar-refractivity contribution in [1.82, 2.24) is 0 Å². The summed E-state index contributed by atoms with van der Waals surface area (Å²) in [7, 11) is 0. The Kier molecular flexibility index (Phi) is 3.85. The average molecular weight is 320 g/mol. The number of aliphatic hydroxyl groups is 2. The maximum Gasteiger partial charge on any atom is 0.159 e. The molecular weight excluding hydrogens is 288 g/mol. The lowest BCUT2D eigenvalue weighted by Crippen LogP contribution is -2.58. The molecule has 0 radical (unpaired) electrons. The Bertz CT molecular complexity index is 547. The fourth-order valence-corrected chi connectivity index (χ4v) is 5.68. The van der Waals surface area contributed by atoms with Crippen molar-refractivity contribution >= 4 is 5.78 Å². The zero-order valence-electron chi connectivity index (χ0n) is 15.2. The molecule has 5 unspecified atom stereocenters. The first-order valence-corrected chi connectivity index (χ1v) is 9.19. The van der Waals surface area contributed by atoms with E-state index in [1.807, 2.05) is 19.9 Å². The van der Waals surface area contributed by atoms with Crippen LogP contribution < -0.4 is 0 Å². The van der Waals surface area contributed by atoms with E-state index in [1.54, 1.807) is 0 Å². The van der Waals surface area contributed by atoms with Crippen LogP contribution in [0, 0.1) is 28.6 Å². The van der Waals surface area contributed by atoms with Crippen LogP contribution >= 0.6 is 0 Å². The first kappa shape index (κ1) is 17.2. The summed E-state index contributed by atoms with van der Waals surface area (Å²) in [6.45, 7) is 10.6. The Morgan fingerprint density at radius 2 is 1.83 bits per heavy atom. The van der Waals surface area contributed by atoms with E-state index < -0.39 is 5.60 Å². The number of allylic oxidation sites excluding steroid dienone is 1. The number of aliphatic hydroxyl groups excluding tert-OH is 1. The SMILES string of the molecule is CC(C)C1(O)C=C2C(=O)CC3C(C)(C)C(O)CCC3(C)C2CC1. The first-order chi connectivity index (χ1) is 10.5. The second kappa shape index (κ2) is 5.16. The van der Waals surface area contributed by atoms with Gasteiger partial charge in [-0.25, -0.2) is 0 Å². The molecule has 3 aliphatic carbocycles. The van der Waals surface area contributed by atoms with E-state index in [9.17, 15) is 15.0 Å². The standard InChI is InChI=1S/C20H32O3/c1-12(2)20(23)9-6-14-13(11-20)15(21)10-16-18(3,4)17(22)7-8-19(14,16)5/h11-12,14,16-17,22-23H,6-10H2,1-5H3. The van der Waals surface area contributed by atoms with Gasteiger partial charge < -0.3 is 10.2 Å². The summed E-state index contributed by atoms with van der Waals surface area (Å²) < 4.78 is 0. The van der Waals surface area contributed by atoms with Crippen molar-refractivity contribution in [1.29, 1.82) is 0 Å². The minimum Gasteiger partial charge on any atom is -0.393 e. The molecule has 0 aromatic carbocycles. The van der Waals surface area contributed by atoms with Gasteiger partial charge >= 0.3 is 0 Å². The Morgan fingerprint density at radius 1 is 1.17 bits per heavy atom. The molecule has 23 heavy (non-hydrogen) atoms. The molecule has 2 fully saturated rings. The molecule has 130 valence electrons. The van der Waals surface area contributed by atoms with Crippen molar-refractivity contribution in [3.8, 4) is 0 Å². The molecule has 3 nitrogen and oxygen atoms in total. The molecule has 0 saturated heterocycles. The third-order valence-corrected chi connectivity index (χ3v) is 7.63. The monoisotopic (exact) mass is 320 g/mol. The number of ketones is 1. The summed E-state index contributed by atoms with van der Waals surface area (Å²) in [5.41, 5.74) is -0.131. The van der Waals surface area contributed by atoms with Gasteiger partial charge in [-0.15, -0.1) is 0 Å². The lowest BCUT2D eigenvalue weighted by atomic mass is 9.45. The number of carbonyl (C=O) groups is 1. The molecule has 5 atom stereocenters. The zero-order valence-corrected chi connectivity index (χ0v) is 15.2. The van der Waals surface area contributed by atoms with E-state index in [4.69, 9.17) is 0 Å². The average Bonchev–Trinajstić information content (AvgIpc) is 2.47. The van der Waals surface area contributed by atoms with Gasteiger partial charge in [0.1, 0.15) is 0 Å². The normalized spacial score (nSPS) is 46.2. The Balaban J connectivity index is 2.03. The van der Waals surface area contributed by atoms with Gasteiger partial charge in [-0.2, -0.15) is 0 Å². The van der Waals surface area contributed by atoms with Crippen LogP contribution in [0.4, 0.5) is 0 Å². The molecule has 0 aromatic rings. The molecule has 3 aliphatic rings. The molecule has 3 rings (SSSR count). The van der Waals surface area contributed by atoms with Gasteiger partial charge in [-0.3, -0.25) is 4.79 Å². The third-order valence-electron chi connectivity index (χ3n) is 7.63. The molecule has 2 N–H and O–H groups in total. The number of fused-ring (bicyclic) bond motifs is 3. The zero-order chi connectivity index (χ0) is 17.2. The van der Waals surface area contributed by atoms with Crippen molar-refractivity contribution in [3.63, 3.8) is 0 Å². The van der Waals surface area contributed by atoms with Crippen LogP contribution in [-0.4, -0.2) is 27.7 Å². The summed E-state index contributed by atoms with van der Waals surface area (Å²) in [6.07, 6.45) is 5.48. The first-order valence-electron chi connectivity index (χ1n) is 9.19. The van der Waals surface area contributed by atoms with E-state index in [-0.39, 0.29) is 40.5 Å². The summed E-state index contributed by atoms with van der Waals surface area (Å²) in [6, 6.07) is 0. The second-order valence-electron chi connectivity index (χ2n) is 9.40. The van der Waals surface area contributed by atoms with Crippen LogP contribution in [0.1, 0.15) is 66.7 Å². The van der Waals surface area contributed by atoms with E-state index in [2.05, 4.69) is 20.8 Å². The predicted octanol–water partition coefficient (Wildman–Crippen LogP) is 3.49. The van der Waals surface area contributed by atoms with Crippen LogP contribution in [0.5, 0.6) is 0 Å². The Labute approximate surface area is 140 Å². The summed E-state index contributed by atoms with van der Waals surface area (Å²) in [5.74, 6) is 0.774. The fourth-order valence-electron chi connectivity index (χ4n) is 5.68. The maximum absolute atomic E-state index is 12.9. The minimum atomic E-state index is -0.839. The van der Waals surface area contributed by atoms with Crippen LogP contribution in [0.25, 0.3) is 0 Å².